The predicted octanol–water partition coefficient (Wildman–Crippen LogP) is 2.40. The Morgan fingerprint density at radius 3 is 2.48 bits per heavy atom. The van der Waals surface area contributed by atoms with Crippen LogP contribution in [0.1, 0.15) is 44.9 Å². The molecule has 1 aliphatic carbocycles. The maximum Gasteiger partial charge on any atom is 0.222 e. The van der Waals surface area contributed by atoms with Gasteiger partial charge in [0.1, 0.15) is 0 Å². The van der Waals surface area contributed by atoms with Crippen molar-refractivity contribution in [1.82, 2.24) is 9.80 Å². The third kappa shape index (κ3) is 4.55. The van der Waals surface area contributed by atoms with E-state index in [2.05, 4.69) is 9.80 Å². The Labute approximate surface area is 153 Å². The van der Waals surface area contributed by atoms with Crippen LogP contribution in [0, 0.1) is 17.3 Å². The summed E-state index contributed by atoms with van der Waals surface area (Å²) in [6.45, 7) is 6.74. The fraction of sp³-hybridized carbons (Fsp3) is 0.950. The number of amides is 1. The molecule has 3 rings (SSSR count). The molecule has 1 spiro atoms. The number of likely N-dealkylation sites (tertiary alicyclic amines) is 2. The Morgan fingerprint density at radius 2 is 1.84 bits per heavy atom. The van der Waals surface area contributed by atoms with Crippen molar-refractivity contribution in [2.75, 3.05) is 60.2 Å². The molecule has 1 saturated carbocycles. The molecule has 0 N–H and O–H groups in total. The van der Waals surface area contributed by atoms with E-state index in [1.165, 1.54) is 25.7 Å². The fourth-order valence-electron chi connectivity index (χ4n) is 5.32. The molecule has 0 aromatic heterocycles. The summed E-state index contributed by atoms with van der Waals surface area (Å²) in [4.78, 5) is 17.3. The molecule has 2 heterocycles. The molecule has 1 atom stereocenters. The average molecular weight is 353 g/mol. The van der Waals surface area contributed by atoms with E-state index in [1.54, 1.807) is 7.11 Å². The standard InChI is InChI=1S/C20H36N2O3/c1-24-12-11-21-14-18(15-25-2)20(16-21)7-9-22(10-8-20)19(23)13-17-5-3-4-6-17/h17-18H,3-16H2,1-2H3. The molecule has 1 amide bonds. The summed E-state index contributed by atoms with van der Waals surface area (Å²) in [6, 6.07) is 0. The van der Waals surface area contributed by atoms with Gasteiger partial charge >= 0.3 is 0 Å². The van der Waals surface area contributed by atoms with Crippen LogP contribution < -0.4 is 0 Å². The van der Waals surface area contributed by atoms with Crippen LogP contribution in [0.25, 0.3) is 0 Å². The lowest BCUT2D eigenvalue weighted by atomic mass is 9.71. The van der Waals surface area contributed by atoms with Gasteiger partial charge in [-0.25, -0.2) is 0 Å². The molecule has 0 bridgehead atoms. The molecule has 0 aromatic carbocycles. The highest BCUT2D eigenvalue weighted by Crippen LogP contribution is 2.45. The van der Waals surface area contributed by atoms with Crippen LogP contribution in [0.5, 0.6) is 0 Å². The molecule has 2 aliphatic heterocycles. The van der Waals surface area contributed by atoms with E-state index in [-0.39, 0.29) is 0 Å². The van der Waals surface area contributed by atoms with Gasteiger partial charge in [0.15, 0.2) is 0 Å². The summed E-state index contributed by atoms with van der Waals surface area (Å²) in [7, 11) is 3.58. The largest absolute Gasteiger partial charge is 0.384 e. The van der Waals surface area contributed by atoms with Gasteiger partial charge in [-0.15, -0.1) is 0 Å². The number of ether oxygens (including phenoxy) is 2. The molecule has 0 aromatic rings. The van der Waals surface area contributed by atoms with Gasteiger partial charge in [0.25, 0.3) is 0 Å². The SMILES string of the molecule is COCCN1CC(COC)C2(CCN(C(=O)CC3CCCC3)CC2)C1. The van der Waals surface area contributed by atoms with Gasteiger partial charge in [0.05, 0.1) is 13.2 Å². The van der Waals surface area contributed by atoms with Crippen molar-refractivity contribution in [2.24, 2.45) is 17.3 Å². The van der Waals surface area contributed by atoms with E-state index < -0.39 is 0 Å². The third-order valence-electron chi connectivity index (χ3n) is 6.91. The molecule has 5 heteroatoms. The second-order valence-corrected chi connectivity index (χ2v) is 8.48. The summed E-state index contributed by atoms with van der Waals surface area (Å²) in [5.41, 5.74) is 0.327. The minimum atomic E-state index is 0.327. The molecule has 2 saturated heterocycles. The molecule has 3 fully saturated rings. The molecule has 5 nitrogen and oxygen atoms in total. The third-order valence-corrected chi connectivity index (χ3v) is 6.91. The normalized spacial score (nSPS) is 27.4. The van der Waals surface area contributed by atoms with Crippen molar-refractivity contribution in [3.05, 3.63) is 0 Å². The number of rotatable bonds is 7. The second-order valence-electron chi connectivity index (χ2n) is 8.48. The summed E-state index contributed by atoms with van der Waals surface area (Å²) in [6.07, 6.45) is 8.19. The van der Waals surface area contributed by atoms with Crippen LogP contribution in [0.15, 0.2) is 0 Å². The van der Waals surface area contributed by atoms with Crippen LogP contribution >= 0.6 is 0 Å². The van der Waals surface area contributed by atoms with Gasteiger partial charge in [-0.3, -0.25) is 4.79 Å². The molecular weight excluding hydrogens is 316 g/mol. The molecule has 144 valence electrons. The minimum absolute atomic E-state index is 0.327. The van der Waals surface area contributed by atoms with Gasteiger partial charge < -0.3 is 19.3 Å². The Bertz CT molecular complexity index is 429. The Balaban J connectivity index is 1.53. The number of methoxy groups -OCH3 is 2. The van der Waals surface area contributed by atoms with Gasteiger partial charge in [0.2, 0.25) is 5.91 Å². The van der Waals surface area contributed by atoms with Gasteiger partial charge in [-0.2, -0.15) is 0 Å². The van der Waals surface area contributed by atoms with E-state index in [9.17, 15) is 4.79 Å². The Kier molecular flexibility index (Phi) is 6.75. The number of carbonyl (C=O) groups is 1. The predicted molar refractivity (Wildman–Crippen MR) is 98.5 cm³/mol. The van der Waals surface area contributed by atoms with Crippen molar-refractivity contribution in [1.29, 1.82) is 0 Å². The first-order chi connectivity index (χ1) is 12.2. The van der Waals surface area contributed by atoms with Crippen molar-refractivity contribution < 1.29 is 14.3 Å². The van der Waals surface area contributed by atoms with E-state index >= 15 is 0 Å². The maximum absolute atomic E-state index is 12.6. The lowest BCUT2D eigenvalue weighted by molar-refractivity contribution is -0.135. The number of piperidine rings is 1. The maximum atomic E-state index is 12.6. The molecule has 25 heavy (non-hydrogen) atoms. The van der Waals surface area contributed by atoms with E-state index in [0.29, 0.717) is 23.2 Å². The summed E-state index contributed by atoms with van der Waals surface area (Å²) in [5.74, 6) is 1.64. The van der Waals surface area contributed by atoms with Crippen LogP contribution in [-0.4, -0.2) is 75.9 Å². The van der Waals surface area contributed by atoms with Crippen molar-refractivity contribution in [3.8, 4) is 0 Å². The number of hydrogen-bond donors (Lipinski definition) is 0. The van der Waals surface area contributed by atoms with Crippen molar-refractivity contribution in [3.63, 3.8) is 0 Å². The molecule has 0 radical (unpaired) electrons. The second kappa shape index (κ2) is 8.83. The van der Waals surface area contributed by atoms with Crippen molar-refractivity contribution >= 4 is 5.91 Å². The molecular formula is C20H36N2O3. The van der Waals surface area contributed by atoms with Gasteiger partial charge in [-0.1, -0.05) is 12.8 Å². The van der Waals surface area contributed by atoms with Crippen molar-refractivity contribution in [2.45, 2.75) is 44.9 Å². The van der Waals surface area contributed by atoms with Crippen LogP contribution in [0.4, 0.5) is 0 Å². The summed E-state index contributed by atoms with van der Waals surface area (Å²) < 4.78 is 10.8. The van der Waals surface area contributed by atoms with E-state index in [4.69, 9.17) is 9.47 Å². The lowest BCUT2D eigenvalue weighted by Crippen LogP contribution is -2.47. The topological polar surface area (TPSA) is 42.0 Å². The molecule has 1 unspecified atom stereocenters. The first kappa shape index (κ1) is 19.1. The van der Waals surface area contributed by atoms with E-state index in [0.717, 1.165) is 65.2 Å². The van der Waals surface area contributed by atoms with E-state index in [1.807, 2.05) is 7.11 Å². The first-order valence-corrected chi connectivity index (χ1v) is 10.1. The Morgan fingerprint density at radius 1 is 1.12 bits per heavy atom. The van der Waals surface area contributed by atoms with Gasteiger partial charge in [0, 0.05) is 59.3 Å². The number of nitrogens with zero attached hydrogens (tertiary/aromatic N) is 2. The summed E-state index contributed by atoms with van der Waals surface area (Å²) in [5, 5.41) is 0. The highest BCUT2D eigenvalue weighted by Gasteiger charge is 2.48. The lowest BCUT2D eigenvalue weighted by Gasteiger charge is -2.43. The molecule has 3 aliphatic rings. The van der Waals surface area contributed by atoms with Crippen LogP contribution in [-0.2, 0) is 14.3 Å². The number of carbonyl (C=O) groups excluding carboxylic acids is 1. The zero-order chi connectivity index (χ0) is 17.7. The average Bonchev–Trinajstić information content (AvgIpc) is 3.23. The van der Waals surface area contributed by atoms with Crippen LogP contribution in [0.2, 0.25) is 0 Å². The quantitative estimate of drug-likeness (QED) is 0.706. The zero-order valence-electron chi connectivity index (χ0n) is 16.2. The smallest absolute Gasteiger partial charge is 0.222 e. The minimum Gasteiger partial charge on any atom is -0.384 e. The zero-order valence-corrected chi connectivity index (χ0v) is 16.2. The Hall–Kier alpha value is -0.650. The highest BCUT2D eigenvalue weighted by atomic mass is 16.5. The summed E-state index contributed by atoms with van der Waals surface area (Å²) >= 11 is 0. The monoisotopic (exact) mass is 352 g/mol. The first-order valence-electron chi connectivity index (χ1n) is 10.1. The fourth-order valence-corrected chi connectivity index (χ4v) is 5.32. The van der Waals surface area contributed by atoms with Crippen LogP contribution in [0.3, 0.4) is 0 Å². The van der Waals surface area contributed by atoms with Gasteiger partial charge in [-0.05, 0) is 37.0 Å². The number of hydrogen-bond acceptors (Lipinski definition) is 4. The highest BCUT2D eigenvalue weighted by molar-refractivity contribution is 5.76.